The van der Waals surface area contributed by atoms with Crippen molar-refractivity contribution in [1.29, 1.82) is 0 Å². The monoisotopic (exact) mass is 306 g/mol. The number of rotatable bonds is 4. The lowest BCUT2D eigenvalue weighted by atomic mass is 10.1. The lowest BCUT2D eigenvalue weighted by Crippen LogP contribution is -2.10. The molecule has 114 valence electrons. The van der Waals surface area contributed by atoms with Crippen molar-refractivity contribution in [3.63, 3.8) is 0 Å². The molecule has 0 saturated heterocycles. The second-order valence-electron chi connectivity index (χ2n) is 4.94. The molecule has 0 saturated carbocycles. The first-order valence-electron chi connectivity index (χ1n) is 7.06. The van der Waals surface area contributed by atoms with E-state index in [9.17, 15) is 9.59 Å². The molecule has 0 amide bonds. The summed E-state index contributed by atoms with van der Waals surface area (Å²) < 4.78 is 10.6. The standard InChI is InChI=1S/C19H14O4/c1-22-16-10-8-14(9-11-16)19(21)23-18-15(12-20)7-6-13-4-2-3-5-17(13)18/h2-12H,1H3. The number of ether oxygens (including phenoxy) is 2. The highest BCUT2D eigenvalue weighted by molar-refractivity contribution is 6.00. The minimum atomic E-state index is -0.521. The summed E-state index contributed by atoms with van der Waals surface area (Å²) in [6.45, 7) is 0. The molecular formula is C19H14O4. The SMILES string of the molecule is COc1ccc(C(=O)Oc2c(C=O)ccc3ccccc23)cc1. The van der Waals surface area contributed by atoms with Crippen LogP contribution in [0.15, 0.2) is 60.7 Å². The summed E-state index contributed by atoms with van der Waals surface area (Å²) in [5.41, 5.74) is 0.723. The smallest absolute Gasteiger partial charge is 0.343 e. The zero-order valence-electron chi connectivity index (χ0n) is 12.5. The third kappa shape index (κ3) is 2.92. The highest BCUT2D eigenvalue weighted by atomic mass is 16.5. The van der Waals surface area contributed by atoms with Crippen molar-refractivity contribution in [2.24, 2.45) is 0 Å². The molecule has 3 aromatic carbocycles. The van der Waals surface area contributed by atoms with E-state index < -0.39 is 5.97 Å². The second-order valence-corrected chi connectivity index (χ2v) is 4.94. The van der Waals surface area contributed by atoms with Gasteiger partial charge in [0.2, 0.25) is 0 Å². The first-order valence-corrected chi connectivity index (χ1v) is 7.06. The van der Waals surface area contributed by atoms with E-state index in [1.54, 1.807) is 37.4 Å². The zero-order chi connectivity index (χ0) is 16.2. The number of benzene rings is 3. The third-order valence-corrected chi connectivity index (χ3v) is 3.56. The number of fused-ring (bicyclic) bond motifs is 1. The molecule has 3 rings (SSSR count). The number of esters is 1. The maximum absolute atomic E-state index is 12.3. The van der Waals surface area contributed by atoms with Gasteiger partial charge in [0.15, 0.2) is 6.29 Å². The van der Waals surface area contributed by atoms with E-state index in [0.29, 0.717) is 23.2 Å². The molecule has 0 aromatic heterocycles. The van der Waals surface area contributed by atoms with Gasteiger partial charge in [0.25, 0.3) is 0 Å². The van der Waals surface area contributed by atoms with Gasteiger partial charge in [0, 0.05) is 5.39 Å². The maximum atomic E-state index is 12.3. The predicted octanol–water partition coefficient (Wildman–Crippen LogP) is 3.88. The number of hydrogen-bond acceptors (Lipinski definition) is 4. The summed E-state index contributed by atoms with van der Waals surface area (Å²) in [7, 11) is 1.56. The first kappa shape index (κ1) is 14.8. The van der Waals surface area contributed by atoms with Gasteiger partial charge in [-0.1, -0.05) is 30.3 Å². The van der Waals surface area contributed by atoms with Crippen LogP contribution in [0, 0.1) is 0 Å². The average Bonchev–Trinajstić information content (AvgIpc) is 2.62. The van der Waals surface area contributed by atoms with Crippen molar-refractivity contribution >= 4 is 23.0 Å². The molecule has 4 heteroatoms. The Kier molecular flexibility index (Phi) is 4.06. The Morgan fingerprint density at radius 1 is 0.957 bits per heavy atom. The van der Waals surface area contributed by atoms with E-state index in [4.69, 9.17) is 9.47 Å². The molecule has 0 N–H and O–H groups in total. The average molecular weight is 306 g/mol. The van der Waals surface area contributed by atoms with Crippen LogP contribution in [0.2, 0.25) is 0 Å². The summed E-state index contributed by atoms with van der Waals surface area (Å²) in [4.78, 5) is 23.6. The van der Waals surface area contributed by atoms with Crippen molar-refractivity contribution in [2.45, 2.75) is 0 Å². The molecule has 23 heavy (non-hydrogen) atoms. The van der Waals surface area contributed by atoms with Crippen molar-refractivity contribution in [1.82, 2.24) is 0 Å². The lowest BCUT2D eigenvalue weighted by molar-refractivity contribution is 0.0736. The molecule has 0 aliphatic carbocycles. The maximum Gasteiger partial charge on any atom is 0.343 e. The number of hydrogen-bond donors (Lipinski definition) is 0. The quantitative estimate of drug-likeness (QED) is 0.417. The molecule has 0 radical (unpaired) electrons. The highest BCUT2D eigenvalue weighted by Gasteiger charge is 2.14. The predicted molar refractivity (Wildman–Crippen MR) is 87.3 cm³/mol. The van der Waals surface area contributed by atoms with Crippen LogP contribution >= 0.6 is 0 Å². The van der Waals surface area contributed by atoms with E-state index in [1.807, 2.05) is 30.3 Å². The van der Waals surface area contributed by atoms with E-state index in [-0.39, 0.29) is 5.75 Å². The Morgan fingerprint density at radius 3 is 2.39 bits per heavy atom. The van der Waals surface area contributed by atoms with E-state index in [1.165, 1.54) is 0 Å². The minimum absolute atomic E-state index is 0.277. The van der Waals surface area contributed by atoms with Crippen LogP contribution in [0.5, 0.6) is 11.5 Å². The largest absolute Gasteiger partial charge is 0.497 e. The highest BCUT2D eigenvalue weighted by Crippen LogP contribution is 2.29. The molecule has 0 unspecified atom stereocenters. The van der Waals surface area contributed by atoms with Crippen LogP contribution in [0.25, 0.3) is 10.8 Å². The molecule has 0 bridgehead atoms. The molecular weight excluding hydrogens is 292 g/mol. The van der Waals surface area contributed by atoms with Gasteiger partial charge in [-0.3, -0.25) is 4.79 Å². The summed E-state index contributed by atoms with van der Waals surface area (Å²) in [5.74, 6) is 0.409. The number of carbonyl (C=O) groups is 2. The summed E-state index contributed by atoms with van der Waals surface area (Å²) >= 11 is 0. The third-order valence-electron chi connectivity index (χ3n) is 3.56. The molecule has 4 nitrogen and oxygen atoms in total. The summed E-state index contributed by atoms with van der Waals surface area (Å²) in [5, 5.41) is 1.62. The van der Waals surface area contributed by atoms with E-state index in [2.05, 4.69) is 0 Å². The van der Waals surface area contributed by atoms with Crippen molar-refractivity contribution in [3.8, 4) is 11.5 Å². The van der Waals surface area contributed by atoms with Crippen LogP contribution in [-0.4, -0.2) is 19.4 Å². The minimum Gasteiger partial charge on any atom is -0.497 e. The van der Waals surface area contributed by atoms with E-state index >= 15 is 0 Å². The van der Waals surface area contributed by atoms with Crippen molar-refractivity contribution in [3.05, 3.63) is 71.8 Å². The van der Waals surface area contributed by atoms with Gasteiger partial charge in [0.1, 0.15) is 11.5 Å². The Labute approximate surface area is 133 Å². The van der Waals surface area contributed by atoms with Gasteiger partial charge in [-0.25, -0.2) is 4.79 Å². The molecule has 3 aromatic rings. The first-order chi connectivity index (χ1) is 11.2. The van der Waals surface area contributed by atoms with Crippen LogP contribution in [0.1, 0.15) is 20.7 Å². The van der Waals surface area contributed by atoms with Gasteiger partial charge >= 0.3 is 5.97 Å². The molecule has 0 fully saturated rings. The topological polar surface area (TPSA) is 52.6 Å². The van der Waals surface area contributed by atoms with Crippen LogP contribution < -0.4 is 9.47 Å². The molecule has 0 heterocycles. The van der Waals surface area contributed by atoms with E-state index in [0.717, 1.165) is 10.8 Å². The number of methoxy groups -OCH3 is 1. The van der Waals surface area contributed by atoms with Gasteiger partial charge in [-0.05, 0) is 35.7 Å². The Morgan fingerprint density at radius 2 is 1.70 bits per heavy atom. The second kappa shape index (κ2) is 6.32. The number of aldehydes is 1. The van der Waals surface area contributed by atoms with Crippen molar-refractivity contribution < 1.29 is 19.1 Å². The molecule has 0 aliphatic heterocycles. The Balaban J connectivity index is 1.99. The normalized spacial score (nSPS) is 10.3. The molecule has 0 atom stereocenters. The lowest BCUT2D eigenvalue weighted by Gasteiger charge is -2.10. The Hall–Kier alpha value is -3.14. The van der Waals surface area contributed by atoms with Crippen LogP contribution in [0.4, 0.5) is 0 Å². The fourth-order valence-corrected chi connectivity index (χ4v) is 2.35. The van der Waals surface area contributed by atoms with Gasteiger partial charge < -0.3 is 9.47 Å². The molecule has 0 aliphatic rings. The van der Waals surface area contributed by atoms with Crippen LogP contribution in [0.3, 0.4) is 0 Å². The van der Waals surface area contributed by atoms with Crippen LogP contribution in [-0.2, 0) is 0 Å². The van der Waals surface area contributed by atoms with Gasteiger partial charge in [0.05, 0.1) is 18.2 Å². The number of carbonyl (C=O) groups excluding carboxylic acids is 2. The van der Waals surface area contributed by atoms with Crippen molar-refractivity contribution in [2.75, 3.05) is 7.11 Å². The fraction of sp³-hybridized carbons (Fsp3) is 0.0526. The fourth-order valence-electron chi connectivity index (χ4n) is 2.35. The van der Waals surface area contributed by atoms with Gasteiger partial charge in [-0.2, -0.15) is 0 Å². The molecule has 0 spiro atoms. The Bertz CT molecular complexity index is 866. The zero-order valence-corrected chi connectivity index (χ0v) is 12.5. The summed E-state index contributed by atoms with van der Waals surface area (Å²) in [6.07, 6.45) is 0.684. The van der Waals surface area contributed by atoms with Gasteiger partial charge in [-0.15, -0.1) is 0 Å². The summed E-state index contributed by atoms with van der Waals surface area (Å²) in [6, 6.07) is 17.5.